The molecule has 116 valence electrons. The van der Waals surface area contributed by atoms with E-state index >= 15 is 0 Å². The van der Waals surface area contributed by atoms with Gasteiger partial charge < -0.3 is 0 Å². The first kappa shape index (κ1) is 13.0. The Hall–Kier alpha value is -2.50. The number of amides is 3. The minimum atomic E-state index is -0.482. The third-order valence-electron chi connectivity index (χ3n) is 5.80. The third kappa shape index (κ3) is 1.63. The van der Waals surface area contributed by atoms with E-state index in [9.17, 15) is 14.4 Å². The summed E-state index contributed by atoms with van der Waals surface area (Å²) in [5.41, 5.74) is 2.80. The summed E-state index contributed by atoms with van der Waals surface area (Å²) in [5, 5.41) is 0.947. The fourth-order valence-corrected chi connectivity index (χ4v) is 4.73. The van der Waals surface area contributed by atoms with Gasteiger partial charge in [-0.1, -0.05) is 12.2 Å². The maximum atomic E-state index is 12.7. The van der Waals surface area contributed by atoms with Gasteiger partial charge in [-0.25, -0.2) is 0 Å². The Balaban J connectivity index is 1.42. The minimum absolute atomic E-state index is 0.159. The van der Waals surface area contributed by atoms with Gasteiger partial charge in [0.25, 0.3) is 17.7 Å². The highest BCUT2D eigenvalue weighted by atomic mass is 16.2. The lowest BCUT2D eigenvalue weighted by molar-refractivity contribution is -0.143. The van der Waals surface area contributed by atoms with Gasteiger partial charge in [-0.15, -0.1) is 0 Å². The van der Waals surface area contributed by atoms with Gasteiger partial charge in [-0.3, -0.25) is 24.8 Å². The standard InChI is InChI=1S/C17H15N3O3/c21-15(8-2-1-5-18-7-8)19-20-16(22)13-9-3-4-10(12-6-11(9)12)14(13)17(20)23/h1-5,7,9-14H,6H2,(H,19,21)/t9?,10?,11?,12?,13-,14+. The molecule has 2 bridgehead atoms. The highest BCUT2D eigenvalue weighted by Crippen LogP contribution is 2.65. The van der Waals surface area contributed by atoms with Crippen LogP contribution in [0.1, 0.15) is 16.8 Å². The first-order valence-corrected chi connectivity index (χ1v) is 7.94. The molecule has 23 heavy (non-hydrogen) atoms. The van der Waals surface area contributed by atoms with Gasteiger partial charge in [0.1, 0.15) is 0 Å². The third-order valence-corrected chi connectivity index (χ3v) is 5.80. The average Bonchev–Trinajstić information content (AvgIpc) is 3.37. The Morgan fingerprint density at radius 2 is 1.78 bits per heavy atom. The number of carbonyl (C=O) groups excluding carboxylic acids is 3. The van der Waals surface area contributed by atoms with E-state index in [2.05, 4.69) is 22.6 Å². The van der Waals surface area contributed by atoms with Crippen LogP contribution in [0.3, 0.4) is 0 Å². The zero-order valence-corrected chi connectivity index (χ0v) is 12.3. The van der Waals surface area contributed by atoms with Crippen molar-refractivity contribution in [1.82, 2.24) is 15.4 Å². The molecule has 3 fully saturated rings. The number of imide groups is 1. The van der Waals surface area contributed by atoms with Crippen molar-refractivity contribution in [2.75, 3.05) is 0 Å². The van der Waals surface area contributed by atoms with Gasteiger partial charge >= 0.3 is 0 Å². The van der Waals surface area contributed by atoms with E-state index in [4.69, 9.17) is 0 Å². The highest BCUT2D eigenvalue weighted by Gasteiger charge is 2.67. The quantitative estimate of drug-likeness (QED) is 0.647. The van der Waals surface area contributed by atoms with Crippen LogP contribution < -0.4 is 5.43 Å². The molecule has 2 heterocycles. The number of nitrogens with zero attached hydrogens (tertiary/aromatic N) is 2. The maximum absolute atomic E-state index is 12.7. The molecule has 1 aliphatic heterocycles. The van der Waals surface area contributed by atoms with Gasteiger partial charge in [0.15, 0.2) is 0 Å². The Bertz CT molecular complexity index is 724. The molecular formula is C17H15N3O3. The van der Waals surface area contributed by atoms with Crippen LogP contribution in [0.4, 0.5) is 0 Å². The summed E-state index contributed by atoms with van der Waals surface area (Å²) in [6.07, 6.45) is 8.31. The van der Waals surface area contributed by atoms with Crippen LogP contribution in [-0.2, 0) is 9.59 Å². The summed E-state index contributed by atoms with van der Waals surface area (Å²) in [4.78, 5) is 41.5. The lowest BCUT2D eigenvalue weighted by Crippen LogP contribution is -2.46. The van der Waals surface area contributed by atoms with Crippen molar-refractivity contribution < 1.29 is 14.4 Å². The van der Waals surface area contributed by atoms with E-state index in [0.29, 0.717) is 17.4 Å². The number of hydrogen-bond acceptors (Lipinski definition) is 4. The largest absolute Gasteiger partial charge is 0.272 e. The molecule has 4 unspecified atom stereocenters. The average molecular weight is 309 g/mol. The lowest BCUT2D eigenvalue weighted by Gasteiger charge is -2.37. The molecule has 6 atom stereocenters. The normalized spacial score (nSPS) is 39.2. The fourth-order valence-electron chi connectivity index (χ4n) is 4.73. The van der Waals surface area contributed by atoms with E-state index < -0.39 is 5.91 Å². The zero-order valence-electron chi connectivity index (χ0n) is 12.3. The first-order chi connectivity index (χ1) is 11.2. The Labute approximate surface area is 132 Å². The predicted octanol–water partition coefficient (Wildman–Crippen LogP) is 0.779. The molecule has 1 aromatic heterocycles. The van der Waals surface area contributed by atoms with Crippen molar-refractivity contribution in [2.45, 2.75) is 6.42 Å². The molecule has 0 aromatic carbocycles. The van der Waals surface area contributed by atoms with E-state index in [-0.39, 0.29) is 35.5 Å². The summed E-state index contributed by atoms with van der Waals surface area (Å²) in [6, 6.07) is 3.24. The van der Waals surface area contributed by atoms with Crippen LogP contribution in [0.5, 0.6) is 0 Å². The van der Waals surface area contributed by atoms with Crippen LogP contribution in [0, 0.1) is 35.5 Å². The second-order valence-electron chi connectivity index (χ2n) is 6.85. The summed E-state index contributed by atoms with van der Waals surface area (Å²) in [6.45, 7) is 0. The second-order valence-corrected chi connectivity index (χ2v) is 6.85. The molecule has 4 aliphatic carbocycles. The molecule has 1 saturated heterocycles. The van der Waals surface area contributed by atoms with Crippen LogP contribution >= 0.6 is 0 Å². The van der Waals surface area contributed by atoms with Crippen LogP contribution in [0.15, 0.2) is 36.7 Å². The van der Waals surface area contributed by atoms with Gasteiger partial charge in [0.2, 0.25) is 0 Å². The van der Waals surface area contributed by atoms with Crippen molar-refractivity contribution in [1.29, 1.82) is 0 Å². The molecule has 1 aromatic rings. The first-order valence-electron chi connectivity index (χ1n) is 7.94. The van der Waals surface area contributed by atoms with Crippen LogP contribution in [0.2, 0.25) is 0 Å². The number of rotatable bonds is 2. The van der Waals surface area contributed by atoms with Crippen molar-refractivity contribution in [3.05, 3.63) is 42.2 Å². The molecule has 0 radical (unpaired) electrons. The summed E-state index contributed by atoms with van der Waals surface area (Å²) in [5.74, 6) is -0.175. The summed E-state index contributed by atoms with van der Waals surface area (Å²) >= 11 is 0. The maximum Gasteiger partial charge on any atom is 0.271 e. The summed E-state index contributed by atoms with van der Waals surface area (Å²) < 4.78 is 0. The van der Waals surface area contributed by atoms with E-state index in [1.54, 1.807) is 18.3 Å². The number of aromatic nitrogens is 1. The Morgan fingerprint density at radius 1 is 1.13 bits per heavy atom. The second kappa shape index (κ2) is 4.28. The van der Waals surface area contributed by atoms with E-state index in [1.165, 1.54) is 6.20 Å². The number of carbonyl (C=O) groups is 3. The molecule has 1 N–H and O–H groups in total. The molecule has 2 saturated carbocycles. The van der Waals surface area contributed by atoms with Crippen molar-refractivity contribution in [3.8, 4) is 0 Å². The number of pyridine rings is 1. The topological polar surface area (TPSA) is 79.4 Å². The van der Waals surface area contributed by atoms with E-state index in [0.717, 1.165) is 11.4 Å². The number of hydrazine groups is 1. The van der Waals surface area contributed by atoms with Gasteiger partial charge in [-0.05, 0) is 42.2 Å². The zero-order chi connectivity index (χ0) is 15.7. The van der Waals surface area contributed by atoms with Crippen LogP contribution in [-0.4, -0.2) is 27.7 Å². The van der Waals surface area contributed by atoms with E-state index in [1.807, 2.05) is 0 Å². The Morgan fingerprint density at radius 3 is 2.35 bits per heavy atom. The van der Waals surface area contributed by atoms with Gasteiger partial charge in [0, 0.05) is 12.4 Å². The minimum Gasteiger partial charge on any atom is -0.272 e. The Kier molecular flexibility index (Phi) is 2.42. The monoisotopic (exact) mass is 309 g/mol. The van der Waals surface area contributed by atoms with Gasteiger partial charge in [-0.2, -0.15) is 5.01 Å². The highest BCUT2D eigenvalue weighted by molar-refractivity contribution is 6.08. The molecule has 6 nitrogen and oxygen atoms in total. The van der Waals surface area contributed by atoms with Gasteiger partial charge in [0.05, 0.1) is 17.4 Å². The fraction of sp³-hybridized carbons (Fsp3) is 0.412. The number of hydrogen-bond donors (Lipinski definition) is 1. The molecule has 5 aliphatic rings. The number of allylic oxidation sites excluding steroid dienone is 2. The lowest BCUT2D eigenvalue weighted by atomic mass is 9.63. The van der Waals surface area contributed by atoms with Crippen molar-refractivity contribution in [3.63, 3.8) is 0 Å². The van der Waals surface area contributed by atoms with Crippen molar-refractivity contribution in [2.24, 2.45) is 35.5 Å². The summed E-state index contributed by atoms with van der Waals surface area (Å²) in [7, 11) is 0. The predicted molar refractivity (Wildman–Crippen MR) is 78.3 cm³/mol. The molecule has 6 heteroatoms. The SMILES string of the molecule is O=C(NN1C(=O)[C@@H]2C3C=CC(C4CC43)[C@@H]2C1=O)c1cccnc1. The smallest absolute Gasteiger partial charge is 0.271 e. The molecule has 3 amide bonds. The molecule has 6 rings (SSSR count). The van der Waals surface area contributed by atoms with Crippen molar-refractivity contribution >= 4 is 17.7 Å². The molecular weight excluding hydrogens is 294 g/mol. The number of nitrogens with one attached hydrogen (secondary N) is 1. The molecule has 0 spiro atoms. The van der Waals surface area contributed by atoms with Crippen LogP contribution in [0.25, 0.3) is 0 Å².